The highest BCUT2D eigenvalue weighted by atomic mass is 32.2. The zero-order valence-corrected chi connectivity index (χ0v) is 17.0. The highest BCUT2D eigenvalue weighted by Crippen LogP contribution is 2.36. The Hall–Kier alpha value is -2.06. The van der Waals surface area contributed by atoms with Crippen molar-refractivity contribution >= 4 is 39.2 Å². The first-order valence-corrected chi connectivity index (χ1v) is 11.4. The Balaban J connectivity index is 1.61. The van der Waals surface area contributed by atoms with E-state index in [9.17, 15) is 9.59 Å². The summed E-state index contributed by atoms with van der Waals surface area (Å²) in [5, 5.41) is 4.12. The fraction of sp³-hybridized carbons (Fsp3) is 0.450. The molecule has 28 heavy (non-hydrogen) atoms. The van der Waals surface area contributed by atoms with Crippen molar-refractivity contribution in [1.82, 2.24) is 14.9 Å². The summed E-state index contributed by atoms with van der Waals surface area (Å²) in [6.45, 7) is 1.05. The van der Waals surface area contributed by atoms with E-state index >= 15 is 0 Å². The van der Waals surface area contributed by atoms with Gasteiger partial charge in [-0.1, -0.05) is 18.2 Å². The van der Waals surface area contributed by atoms with E-state index in [2.05, 4.69) is 5.32 Å². The van der Waals surface area contributed by atoms with Crippen LogP contribution in [-0.4, -0.2) is 27.3 Å². The summed E-state index contributed by atoms with van der Waals surface area (Å²) < 4.78 is 7.18. The average Bonchev–Trinajstić information content (AvgIpc) is 3.37. The van der Waals surface area contributed by atoms with Crippen molar-refractivity contribution in [2.75, 3.05) is 6.54 Å². The Kier molecular flexibility index (Phi) is 4.76. The predicted octanol–water partition coefficient (Wildman–Crippen LogP) is 3.35. The number of nitrogens with one attached hydrogen (secondary N) is 1. The molecule has 8 heteroatoms. The molecule has 1 aliphatic heterocycles. The van der Waals surface area contributed by atoms with E-state index in [1.807, 2.05) is 12.1 Å². The molecule has 0 bridgehead atoms. The molecule has 6 nitrogen and oxygen atoms in total. The molecule has 4 heterocycles. The van der Waals surface area contributed by atoms with Crippen LogP contribution in [0, 0.1) is 0 Å². The van der Waals surface area contributed by atoms with E-state index in [-0.39, 0.29) is 16.7 Å². The number of nitrogens with zero attached hydrogens (tertiary/aromatic N) is 2. The molecule has 1 amide bonds. The number of aromatic nitrogens is 2. The van der Waals surface area contributed by atoms with Gasteiger partial charge in [0.05, 0.1) is 23.4 Å². The van der Waals surface area contributed by atoms with E-state index in [1.165, 1.54) is 22.2 Å². The summed E-state index contributed by atoms with van der Waals surface area (Å²) in [5.41, 5.74) is 1.16. The second-order valence-corrected chi connectivity index (χ2v) is 9.55. The SMILES string of the molecule is O=C1NCCCCC1Sc1nc2sc3c(c2c(=O)n1Cc1ccco1)CCC3. The number of carbonyl (C=O) groups is 1. The fourth-order valence-corrected chi connectivity index (χ4v) is 6.45. The van der Waals surface area contributed by atoms with Gasteiger partial charge in [0.25, 0.3) is 5.56 Å². The number of hydrogen-bond acceptors (Lipinski definition) is 6. The van der Waals surface area contributed by atoms with E-state index in [1.54, 1.807) is 22.2 Å². The maximum Gasteiger partial charge on any atom is 0.263 e. The summed E-state index contributed by atoms with van der Waals surface area (Å²) in [4.78, 5) is 32.9. The van der Waals surface area contributed by atoms with Crippen LogP contribution in [0.5, 0.6) is 0 Å². The van der Waals surface area contributed by atoms with Crippen molar-refractivity contribution in [2.45, 2.75) is 55.5 Å². The van der Waals surface area contributed by atoms with E-state index in [0.717, 1.165) is 55.3 Å². The number of carbonyl (C=O) groups excluding carboxylic acids is 1. The van der Waals surface area contributed by atoms with Gasteiger partial charge < -0.3 is 9.73 Å². The van der Waals surface area contributed by atoms with Crippen LogP contribution in [-0.2, 0) is 24.2 Å². The molecule has 0 spiro atoms. The molecule has 0 saturated carbocycles. The minimum absolute atomic E-state index is 0.0164. The van der Waals surface area contributed by atoms with Gasteiger partial charge in [-0.05, 0) is 49.8 Å². The first-order chi connectivity index (χ1) is 13.7. The van der Waals surface area contributed by atoms with Crippen LogP contribution in [0.4, 0.5) is 0 Å². The van der Waals surface area contributed by atoms with Crippen molar-refractivity contribution in [1.29, 1.82) is 0 Å². The van der Waals surface area contributed by atoms with Crippen molar-refractivity contribution < 1.29 is 9.21 Å². The number of fused-ring (bicyclic) bond motifs is 3. The third kappa shape index (κ3) is 3.18. The van der Waals surface area contributed by atoms with Crippen LogP contribution in [0.15, 0.2) is 32.8 Å². The van der Waals surface area contributed by atoms with E-state index < -0.39 is 0 Å². The summed E-state index contributed by atoms with van der Waals surface area (Å²) >= 11 is 3.05. The number of furan rings is 1. The van der Waals surface area contributed by atoms with Crippen molar-refractivity contribution in [2.24, 2.45) is 0 Å². The number of hydrogen-bond donors (Lipinski definition) is 1. The zero-order valence-electron chi connectivity index (χ0n) is 15.4. The Morgan fingerprint density at radius 1 is 1.29 bits per heavy atom. The Labute approximate surface area is 170 Å². The van der Waals surface area contributed by atoms with Crippen LogP contribution in [0.25, 0.3) is 10.2 Å². The highest BCUT2D eigenvalue weighted by Gasteiger charge is 2.27. The maximum absolute atomic E-state index is 13.5. The molecule has 1 aliphatic carbocycles. The minimum atomic E-state index is -0.221. The van der Waals surface area contributed by atoms with Crippen molar-refractivity contribution in [3.05, 3.63) is 45.0 Å². The van der Waals surface area contributed by atoms with Crippen molar-refractivity contribution in [3.63, 3.8) is 0 Å². The lowest BCUT2D eigenvalue weighted by molar-refractivity contribution is -0.120. The molecule has 1 atom stereocenters. The fourth-order valence-electron chi connectivity index (χ4n) is 4.00. The van der Waals surface area contributed by atoms with Gasteiger partial charge in [-0.25, -0.2) is 4.98 Å². The third-order valence-corrected chi connectivity index (χ3v) is 7.86. The molecular formula is C20H21N3O3S2. The minimum Gasteiger partial charge on any atom is -0.467 e. The number of amides is 1. The lowest BCUT2D eigenvalue weighted by atomic mass is 10.2. The zero-order chi connectivity index (χ0) is 19.1. The van der Waals surface area contributed by atoms with Crippen LogP contribution in [0.3, 0.4) is 0 Å². The van der Waals surface area contributed by atoms with Gasteiger partial charge in [-0.2, -0.15) is 0 Å². The normalized spacial score (nSPS) is 19.6. The van der Waals surface area contributed by atoms with E-state index in [0.29, 0.717) is 17.5 Å². The largest absolute Gasteiger partial charge is 0.467 e. The van der Waals surface area contributed by atoms with Crippen LogP contribution < -0.4 is 10.9 Å². The Morgan fingerprint density at radius 3 is 3.07 bits per heavy atom. The highest BCUT2D eigenvalue weighted by molar-refractivity contribution is 8.00. The van der Waals surface area contributed by atoms with Gasteiger partial charge in [-0.15, -0.1) is 11.3 Å². The average molecular weight is 416 g/mol. The van der Waals surface area contributed by atoms with Gasteiger partial charge in [0.15, 0.2) is 5.16 Å². The number of thiophene rings is 1. The Bertz CT molecular complexity index is 1080. The summed E-state index contributed by atoms with van der Waals surface area (Å²) in [7, 11) is 0. The smallest absolute Gasteiger partial charge is 0.263 e. The van der Waals surface area contributed by atoms with Gasteiger partial charge >= 0.3 is 0 Å². The molecule has 0 aromatic carbocycles. The third-order valence-electron chi connectivity index (χ3n) is 5.42. The van der Waals surface area contributed by atoms with E-state index in [4.69, 9.17) is 9.40 Å². The summed E-state index contributed by atoms with van der Waals surface area (Å²) in [5.74, 6) is 0.748. The Morgan fingerprint density at radius 2 is 2.21 bits per heavy atom. The number of thioether (sulfide) groups is 1. The molecule has 2 aliphatic rings. The second-order valence-electron chi connectivity index (χ2n) is 7.30. The topological polar surface area (TPSA) is 77.1 Å². The molecule has 3 aromatic rings. The maximum atomic E-state index is 13.5. The second kappa shape index (κ2) is 7.40. The molecule has 146 valence electrons. The van der Waals surface area contributed by atoms with Crippen molar-refractivity contribution in [3.8, 4) is 0 Å². The van der Waals surface area contributed by atoms with Gasteiger partial charge in [-0.3, -0.25) is 14.2 Å². The summed E-state index contributed by atoms with van der Waals surface area (Å²) in [6.07, 6.45) is 7.48. The summed E-state index contributed by atoms with van der Waals surface area (Å²) in [6, 6.07) is 3.68. The van der Waals surface area contributed by atoms with Crippen LogP contribution in [0.1, 0.15) is 41.9 Å². The lowest BCUT2D eigenvalue weighted by Crippen LogP contribution is -2.32. The van der Waals surface area contributed by atoms with Crippen LogP contribution >= 0.6 is 23.1 Å². The first-order valence-electron chi connectivity index (χ1n) is 9.72. The van der Waals surface area contributed by atoms with Gasteiger partial charge in [0, 0.05) is 11.4 Å². The number of rotatable bonds is 4. The standard InChI is InChI=1S/C20H21N3O3S2/c24-17-15(7-1-2-9-21-17)28-20-22-18-16(13-6-3-8-14(13)27-18)19(25)23(20)11-12-5-4-10-26-12/h4-5,10,15H,1-3,6-9,11H2,(H,21,24). The molecule has 1 fully saturated rings. The lowest BCUT2D eigenvalue weighted by Gasteiger charge is -2.16. The van der Waals surface area contributed by atoms with Gasteiger partial charge in [0.2, 0.25) is 5.91 Å². The number of aryl methyl sites for hydroxylation is 2. The molecular weight excluding hydrogens is 394 g/mol. The quantitative estimate of drug-likeness (QED) is 0.661. The molecule has 1 saturated heterocycles. The molecule has 1 N–H and O–H groups in total. The monoisotopic (exact) mass is 415 g/mol. The van der Waals surface area contributed by atoms with Gasteiger partial charge in [0.1, 0.15) is 10.6 Å². The molecule has 3 aromatic heterocycles. The molecule has 0 radical (unpaired) electrons. The molecule has 5 rings (SSSR count). The van der Waals surface area contributed by atoms with Crippen LogP contribution in [0.2, 0.25) is 0 Å². The molecule has 1 unspecified atom stereocenters. The predicted molar refractivity (Wildman–Crippen MR) is 110 cm³/mol. The first kappa shape index (κ1) is 18.0.